The molecule has 0 radical (unpaired) electrons. The maximum atomic E-state index is 16.7. The average Bonchev–Trinajstić information content (AvgIpc) is 3.13. The molecule has 0 aliphatic carbocycles. The van der Waals surface area contributed by atoms with E-state index < -0.39 is 23.1 Å². The van der Waals surface area contributed by atoms with E-state index in [1.54, 1.807) is 17.2 Å². The van der Waals surface area contributed by atoms with Gasteiger partial charge in [0.25, 0.3) is 0 Å². The third kappa shape index (κ3) is 4.57. The summed E-state index contributed by atoms with van der Waals surface area (Å²) in [5.41, 5.74) is 1.23. The highest BCUT2D eigenvalue weighted by molar-refractivity contribution is 7.99. The molecule has 0 bridgehead atoms. The van der Waals surface area contributed by atoms with Crippen LogP contribution in [0.15, 0.2) is 58.9 Å². The minimum absolute atomic E-state index is 0.0588. The monoisotopic (exact) mass is 603 g/mol. The molecule has 1 amide bonds. The number of aromatic nitrogens is 3. The van der Waals surface area contributed by atoms with E-state index in [0.29, 0.717) is 46.9 Å². The summed E-state index contributed by atoms with van der Waals surface area (Å²) < 4.78 is 33.3. The molecule has 0 spiro atoms. The number of fused-ring (bicyclic) bond motifs is 2. The first-order chi connectivity index (χ1) is 20.5. The van der Waals surface area contributed by atoms with Crippen LogP contribution < -0.4 is 10.6 Å². The zero-order valence-corrected chi connectivity index (χ0v) is 25.1. The molecular formula is C32H31F2N5O3S. The van der Waals surface area contributed by atoms with Gasteiger partial charge in [-0.3, -0.25) is 14.3 Å². The second-order valence-electron chi connectivity index (χ2n) is 11.3. The average molecular weight is 604 g/mol. The van der Waals surface area contributed by atoms with Crippen LogP contribution in [0.5, 0.6) is 5.75 Å². The van der Waals surface area contributed by atoms with E-state index in [-0.39, 0.29) is 39.9 Å². The van der Waals surface area contributed by atoms with E-state index in [9.17, 15) is 14.7 Å². The number of phenolic OH excluding ortho intramolecular Hbond substituents is 1. The lowest BCUT2D eigenvalue weighted by Gasteiger charge is -2.45. The fourth-order valence-electron chi connectivity index (χ4n) is 6.28. The molecule has 2 aliphatic heterocycles. The third-order valence-electron chi connectivity index (χ3n) is 8.18. The molecular weight excluding hydrogens is 572 g/mol. The van der Waals surface area contributed by atoms with Crippen molar-refractivity contribution in [1.29, 1.82) is 0 Å². The molecule has 11 heteroatoms. The first-order valence-corrected chi connectivity index (χ1v) is 15.1. The van der Waals surface area contributed by atoms with Crippen molar-refractivity contribution in [2.24, 2.45) is 0 Å². The minimum Gasteiger partial charge on any atom is -0.507 e. The lowest BCUT2D eigenvalue weighted by atomic mass is 9.99. The number of nitrogens with zero attached hydrogens (tertiary/aromatic N) is 5. The Morgan fingerprint density at radius 1 is 1.23 bits per heavy atom. The first kappa shape index (κ1) is 28.9. The number of hydrogen-bond donors (Lipinski definition) is 1. The summed E-state index contributed by atoms with van der Waals surface area (Å²) in [6.07, 6.45) is 2.95. The number of phenols is 1. The van der Waals surface area contributed by atoms with Gasteiger partial charge >= 0.3 is 5.69 Å². The summed E-state index contributed by atoms with van der Waals surface area (Å²) >= 11 is 1.23. The Labute approximate surface area is 251 Å². The first-order valence-electron chi connectivity index (χ1n) is 14.1. The van der Waals surface area contributed by atoms with Gasteiger partial charge in [-0.15, -0.1) is 11.8 Å². The zero-order chi connectivity index (χ0) is 30.7. The second-order valence-corrected chi connectivity index (χ2v) is 12.4. The highest BCUT2D eigenvalue weighted by atomic mass is 32.2. The fourth-order valence-corrected chi connectivity index (χ4v) is 7.49. The molecule has 2 aromatic carbocycles. The van der Waals surface area contributed by atoms with Gasteiger partial charge in [-0.2, -0.15) is 4.98 Å². The van der Waals surface area contributed by atoms with Crippen LogP contribution in [0.3, 0.4) is 0 Å². The van der Waals surface area contributed by atoms with Crippen molar-refractivity contribution in [2.45, 2.75) is 50.6 Å². The Morgan fingerprint density at radius 2 is 2.00 bits per heavy atom. The van der Waals surface area contributed by atoms with Gasteiger partial charge in [0.2, 0.25) is 5.91 Å². The normalized spacial score (nSPS) is 18.1. The Kier molecular flexibility index (Phi) is 7.24. The summed E-state index contributed by atoms with van der Waals surface area (Å²) in [4.78, 5) is 39.8. The topological polar surface area (TPSA) is 91.6 Å². The van der Waals surface area contributed by atoms with Gasteiger partial charge in [-0.1, -0.05) is 26.5 Å². The van der Waals surface area contributed by atoms with E-state index in [4.69, 9.17) is 0 Å². The van der Waals surface area contributed by atoms with Crippen molar-refractivity contribution in [3.63, 3.8) is 0 Å². The molecule has 43 heavy (non-hydrogen) atoms. The van der Waals surface area contributed by atoms with Gasteiger partial charge in [0, 0.05) is 36.6 Å². The van der Waals surface area contributed by atoms with Crippen molar-refractivity contribution < 1.29 is 18.7 Å². The van der Waals surface area contributed by atoms with E-state index >= 15 is 8.78 Å². The summed E-state index contributed by atoms with van der Waals surface area (Å²) in [5.74, 6) is -1.51. The van der Waals surface area contributed by atoms with Crippen molar-refractivity contribution in [2.75, 3.05) is 23.7 Å². The number of amides is 1. The standard InChI is InChI=1S/C32H31F2N5O3S/c1-6-24(41)37-13-18(5)38-19(14-37)15-43-30-26-22(12-20(27(30)34)25-21(33)8-7-9-23(25)40)39(32(42)36-31(26)38)29-17(4)10-11-35-28(29)16(2)3/h6-12,16,18-19,40H,1,13-15H2,2-5H3. The van der Waals surface area contributed by atoms with Crippen LogP contribution in [-0.2, 0) is 4.79 Å². The van der Waals surface area contributed by atoms with Crippen molar-refractivity contribution in [1.82, 2.24) is 19.4 Å². The second kappa shape index (κ2) is 10.8. The Morgan fingerprint density at radius 3 is 2.70 bits per heavy atom. The lowest BCUT2D eigenvalue weighted by Crippen LogP contribution is -2.60. The van der Waals surface area contributed by atoms with Crippen LogP contribution in [0.2, 0.25) is 0 Å². The van der Waals surface area contributed by atoms with E-state index in [1.807, 2.05) is 32.6 Å². The number of carbonyl (C=O) groups is 1. The predicted molar refractivity (Wildman–Crippen MR) is 164 cm³/mol. The number of aromatic hydroxyl groups is 1. The molecule has 2 unspecified atom stereocenters. The molecule has 2 aliphatic rings. The molecule has 222 valence electrons. The van der Waals surface area contributed by atoms with Crippen molar-refractivity contribution in [3.05, 3.63) is 82.6 Å². The molecule has 0 saturated carbocycles. The summed E-state index contributed by atoms with van der Waals surface area (Å²) in [7, 11) is 0. The number of anilines is 1. The van der Waals surface area contributed by atoms with E-state index in [2.05, 4.69) is 16.5 Å². The molecule has 2 aromatic heterocycles. The predicted octanol–water partition coefficient (Wildman–Crippen LogP) is 5.56. The highest BCUT2D eigenvalue weighted by Gasteiger charge is 2.39. The third-order valence-corrected chi connectivity index (χ3v) is 9.40. The van der Waals surface area contributed by atoms with Crippen LogP contribution in [0.4, 0.5) is 14.6 Å². The van der Waals surface area contributed by atoms with Crippen LogP contribution in [-0.4, -0.2) is 61.4 Å². The molecule has 1 N–H and O–H groups in total. The molecule has 8 nitrogen and oxygen atoms in total. The number of carbonyl (C=O) groups excluding carboxylic acids is 1. The zero-order valence-electron chi connectivity index (χ0n) is 24.3. The molecule has 6 rings (SSSR count). The number of pyridine rings is 1. The number of thioether (sulfide) groups is 1. The molecule has 1 fully saturated rings. The Hall–Kier alpha value is -4.25. The van der Waals surface area contributed by atoms with Crippen molar-refractivity contribution >= 4 is 34.4 Å². The van der Waals surface area contributed by atoms with E-state index in [1.165, 1.54) is 40.6 Å². The number of hydrogen-bond acceptors (Lipinski definition) is 7. The maximum Gasteiger partial charge on any atom is 0.354 e. The van der Waals surface area contributed by atoms with E-state index in [0.717, 1.165) is 11.6 Å². The summed E-state index contributed by atoms with van der Waals surface area (Å²) in [6.45, 7) is 12.1. The summed E-state index contributed by atoms with van der Waals surface area (Å²) in [6, 6.07) is 6.49. The quantitative estimate of drug-likeness (QED) is 0.306. The Balaban J connectivity index is 1.73. The Bertz CT molecular complexity index is 1850. The SMILES string of the molecule is C=CC(=O)N1CC(C)N2c3nc(=O)n(-c4c(C)ccnc4C(C)C)c4cc(-c5c(O)cccc5F)c(F)c(c34)SCC2C1. The van der Waals surface area contributed by atoms with Gasteiger partial charge in [0.05, 0.1) is 38.8 Å². The van der Waals surface area contributed by atoms with Crippen LogP contribution in [0, 0.1) is 18.6 Å². The maximum absolute atomic E-state index is 16.7. The van der Waals surface area contributed by atoms with Crippen LogP contribution in [0.1, 0.15) is 37.9 Å². The fraction of sp³-hybridized carbons (Fsp3) is 0.312. The largest absolute Gasteiger partial charge is 0.507 e. The van der Waals surface area contributed by atoms with Gasteiger partial charge in [-0.05, 0) is 55.7 Å². The smallest absolute Gasteiger partial charge is 0.354 e. The van der Waals surface area contributed by atoms with Crippen LogP contribution in [0.25, 0.3) is 27.7 Å². The lowest BCUT2D eigenvalue weighted by molar-refractivity contribution is -0.127. The minimum atomic E-state index is -0.794. The number of piperazine rings is 1. The van der Waals surface area contributed by atoms with Crippen LogP contribution >= 0.6 is 11.8 Å². The molecule has 4 heterocycles. The van der Waals surface area contributed by atoms with Gasteiger partial charge in [0.1, 0.15) is 23.2 Å². The highest BCUT2D eigenvalue weighted by Crippen LogP contribution is 2.47. The number of halogens is 2. The van der Waals surface area contributed by atoms with Gasteiger partial charge < -0.3 is 14.9 Å². The van der Waals surface area contributed by atoms with Gasteiger partial charge in [-0.25, -0.2) is 13.6 Å². The number of benzene rings is 2. The van der Waals surface area contributed by atoms with Gasteiger partial charge in [0.15, 0.2) is 0 Å². The molecule has 2 atom stereocenters. The van der Waals surface area contributed by atoms with Crippen molar-refractivity contribution in [3.8, 4) is 22.6 Å². The number of rotatable bonds is 4. The molecule has 4 aromatic rings. The summed E-state index contributed by atoms with van der Waals surface area (Å²) in [5, 5.41) is 11.1. The molecule has 1 saturated heterocycles. The number of aryl methyl sites for hydroxylation is 1.